The summed E-state index contributed by atoms with van der Waals surface area (Å²) in [4.78, 5) is 13.9. The van der Waals surface area contributed by atoms with E-state index in [9.17, 15) is 10.1 Å². The topological polar surface area (TPSA) is 52.4 Å². The molecule has 13 heavy (non-hydrogen) atoms. The maximum Gasteiger partial charge on any atom is 0.294 e. The van der Waals surface area contributed by atoms with Gasteiger partial charge in [0, 0.05) is 0 Å². The first-order valence-electron chi connectivity index (χ1n) is 4.69. The van der Waals surface area contributed by atoms with Gasteiger partial charge in [-0.25, -0.2) is 0 Å². The molecule has 0 fully saturated rings. The number of hydrogen-bond donors (Lipinski definition) is 0. The Bertz CT molecular complexity index is 157. The lowest BCUT2D eigenvalue weighted by molar-refractivity contribution is -0.757. The molecule has 0 saturated heterocycles. The number of hydrogen-bond acceptors (Lipinski definition) is 3. The zero-order valence-electron chi connectivity index (χ0n) is 8.07. The summed E-state index contributed by atoms with van der Waals surface area (Å²) >= 11 is 0. The Morgan fingerprint density at radius 3 is 2.69 bits per heavy atom. The predicted molar refractivity (Wildman–Crippen MR) is 50.8 cm³/mol. The van der Waals surface area contributed by atoms with Gasteiger partial charge in [0.15, 0.2) is 0 Å². The van der Waals surface area contributed by atoms with Crippen LogP contribution in [0.3, 0.4) is 0 Å². The van der Waals surface area contributed by atoms with Crippen LogP contribution >= 0.6 is 0 Å². The average molecular weight is 187 g/mol. The highest BCUT2D eigenvalue weighted by Gasteiger charge is 1.93. The van der Waals surface area contributed by atoms with Gasteiger partial charge in [0.2, 0.25) is 0 Å². The third kappa shape index (κ3) is 10.9. The van der Waals surface area contributed by atoms with E-state index in [-0.39, 0.29) is 6.61 Å². The molecule has 0 rings (SSSR count). The van der Waals surface area contributed by atoms with Crippen LogP contribution in [0.4, 0.5) is 0 Å². The minimum atomic E-state index is -0.739. The van der Waals surface area contributed by atoms with Crippen molar-refractivity contribution < 1.29 is 9.92 Å². The molecule has 0 aliphatic rings. The average Bonchev–Trinajstić information content (AvgIpc) is 2.09. The molecule has 0 heterocycles. The van der Waals surface area contributed by atoms with Crippen LogP contribution in [0.2, 0.25) is 0 Å². The van der Waals surface area contributed by atoms with Gasteiger partial charge in [-0.15, -0.1) is 10.1 Å². The van der Waals surface area contributed by atoms with Crippen molar-refractivity contribution in [1.29, 1.82) is 0 Å². The SMILES string of the molecule is CCC=CCCCCCO[N+](=O)[O-]. The Morgan fingerprint density at radius 1 is 1.31 bits per heavy atom. The highest BCUT2D eigenvalue weighted by atomic mass is 16.9. The molecule has 0 saturated carbocycles. The lowest BCUT2D eigenvalue weighted by Gasteiger charge is -1.97. The molecule has 0 aliphatic heterocycles. The normalized spacial score (nSPS) is 10.5. The fourth-order valence-corrected chi connectivity index (χ4v) is 0.965. The van der Waals surface area contributed by atoms with Gasteiger partial charge < -0.3 is 4.84 Å². The quantitative estimate of drug-likeness (QED) is 0.254. The molecule has 76 valence electrons. The van der Waals surface area contributed by atoms with Gasteiger partial charge in [0.1, 0.15) is 0 Å². The summed E-state index contributed by atoms with van der Waals surface area (Å²) < 4.78 is 0. The molecule has 0 atom stereocenters. The second kappa shape index (κ2) is 9.03. The zero-order valence-corrected chi connectivity index (χ0v) is 8.07. The Labute approximate surface area is 78.7 Å². The summed E-state index contributed by atoms with van der Waals surface area (Å²) in [5, 5.41) is 9.01. The van der Waals surface area contributed by atoms with Gasteiger partial charge in [-0.1, -0.05) is 25.5 Å². The Balaban J connectivity index is 2.99. The molecule has 0 aromatic rings. The largest absolute Gasteiger partial charge is 0.314 e. The van der Waals surface area contributed by atoms with E-state index in [1.807, 2.05) is 0 Å². The molecule has 0 radical (unpaired) electrons. The van der Waals surface area contributed by atoms with Crippen molar-refractivity contribution in [3.8, 4) is 0 Å². The standard InChI is InChI=1S/C9H17NO3/c1-2-3-4-5-6-7-8-9-13-10(11)12/h3-4H,2,5-9H2,1H3. The third-order valence-corrected chi connectivity index (χ3v) is 1.61. The van der Waals surface area contributed by atoms with Crippen LogP contribution in [-0.2, 0) is 4.84 Å². The van der Waals surface area contributed by atoms with Gasteiger partial charge in [0.05, 0.1) is 6.61 Å². The summed E-state index contributed by atoms with van der Waals surface area (Å²) in [6.07, 6.45) is 9.25. The second-order valence-electron chi connectivity index (χ2n) is 2.79. The van der Waals surface area contributed by atoms with E-state index in [0.29, 0.717) is 0 Å². The van der Waals surface area contributed by atoms with Crippen LogP contribution in [-0.4, -0.2) is 11.7 Å². The van der Waals surface area contributed by atoms with Crippen molar-refractivity contribution in [2.24, 2.45) is 0 Å². The maximum absolute atomic E-state index is 9.75. The van der Waals surface area contributed by atoms with E-state index in [4.69, 9.17) is 0 Å². The van der Waals surface area contributed by atoms with Crippen molar-refractivity contribution in [3.63, 3.8) is 0 Å². The summed E-state index contributed by atoms with van der Waals surface area (Å²) in [5.41, 5.74) is 0. The highest BCUT2D eigenvalue weighted by Crippen LogP contribution is 2.01. The number of rotatable bonds is 8. The molecule has 0 N–H and O–H groups in total. The van der Waals surface area contributed by atoms with E-state index in [0.717, 1.165) is 32.1 Å². The lowest BCUT2D eigenvalue weighted by Crippen LogP contribution is -2.01. The van der Waals surface area contributed by atoms with Crippen LogP contribution < -0.4 is 0 Å². The van der Waals surface area contributed by atoms with Crippen LogP contribution in [0.5, 0.6) is 0 Å². The molecule has 0 amide bonds. The molecule has 0 aliphatic carbocycles. The first-order chi connectivity index (χ1) is 6.27. The summed E-state index contributed by atoms with van der Waals surface area (Å²) in [5.74, 6) is 0. The van der Waals surface area contributed by atoms with Crippen molar-refractivity contribution >= 4 is 0 Å². The molecule has 0 bridgehead atoms. The monoisotopic (exact) mass is 187 g/mol. The summed E-state index contributed by atoms with van der Waals surface area (Å²) in [6.45, 7) is 2.33. The smallest absolute Gasteiger partial charge is 0.294 e. The van der Waals surface area contributed by atoms with Crippen LogP contribution in [0.25, 0.3) is 0 Å². The predicted octanol–water partition coefficient (Wildman–Crippen LogP) is 2.72. The van der Waals surface area contributed by atoms with Crippen LogP contribution in [0.15, 0.2) is 12.2 Å². The highest BCUT2D eigenvalue weighted by molar-refractivity contribution is 4.79. The van der Waals surface area contributed by atoms with E-state index in [1.54, 1.807) is 0 Å². The van der Waals surface area contributed by atoms with E-state index in [2.05, 4.69) is 23.9 Å². The minimum absolute atomic E-state index is 0.227. The van der Waals surface area contributed by atoms with Gasteiger partial charge >= 0.3 is 0 Å². The van der Waals surface area contributed by atoms with Crippen LogP contribution in [0, 0.1) is 10.1 Å². The van der Waals surface area contributed by atoms with E-state index in [1.165, 1.54) is 0 Å². The maximum atomic E-state index is 9.75. The first kappa shape index (κ1) is 11.9. The fourth-order valence-electron chi connectivity index (χ4n) is 0.965. The van der Waals surface area contributed by atoms with Crippen molar-refractivity contribution in [3.05, 3.63) is 22.3 Å². The zero-order chi connectivity index (χ0) is 9.94. The lowest BCUT2D eigenvalue weighted by atomic mass is 10.2. The van der Waals surface area contributed by atoms with Gasteiger partial charge in [-0.05, 0) is 25.7 Å². The summed E-state index contributed by atoms with van der Waals surface area (Å²) in [7, 11) is 0. The molecular formula is C9H17NO3. The molecule has 0 unspecified atom stereocenters. The number of unbranched alkanes of at least 4 members (excludes halogenated alkanes) is 3. The summed E-state index contributed by atoms with van der Waals surface area (Å²) in [6, 6.07) is 0. The number of allylic oxidation sites excluding steroid dienone is 2. The van der Waals surface area contributed by atoms with Gasteiger partial charge in [0.25, 0.3) is 5.09 Å². The first-order valence-corrected chi connectivity index (χ1v) is 4.69. The van der Waals surface area contributed by atoms with Gasteiger partial charge in [-0.3, -0.25) is 0 Å². The van der Waals surface area contributed by atoms with E-state index >= 15 is 0 Å². The van der Waals surface area contributed by atoms with Crippen molar-refractivity contribution in [1.82, 2.24) is 0 Å². The molecule has 4 nitrogen and oxygen atoms in total. The molecule has 4 heteroatoms. The van der Waals surface area contributed by atoms with E-state index < -0.39 is 5.09 Å². The Hall–Kier alpha value is -1.06. The van der Waals surface area contributed by atoms with Crippen LogP contribution in [0.1, 0.15) is 39.0 Å². The van der Waals surface area contributed by atoms with Gasteiger partial charge in [-0.2, -0.15) is 0 Å². The minimum Gasteiger partial charge on any atom is -0.314 e. The molecule has 0 aromatic heterocycles. The molecule has 0 spiro atoms. The number of nitrogens with zero attached hydrogens (tertiary/aromatic N) is 1. The fraction of sp³-hybridized carbons (Fsp3) is 0.778. The molecular weight excluding hydrogens is 170 g/mol. The Morgan fingerprint density at radius 2 is 2.08 bits per heavy atom. The third-order valence-electron chi connectivity index (χ3n) is 1.61. The van der Waals surface area contributed by atoms with Crippen molar-refractivity contribution in [2.75, 3.05) is 6.61 Å². The van der Waals surface area contributed by atoms with Crippen molar-refractivity contribution in [2.45, 2.75) is 39.0 Å². The molecule has 0 aromatic carbocycles. The second-order valence-corrected chi connectivity index (χ2v) is 2.79. The Kier molecular flexibility index (Phi) is 8.30.